The topological polar surface area (TPSA) is 65.1 Å². The first-order valence-electron chi connectivity index (χ1n) is 6.76. The predicted octanol–water partition coefficient (Wildman–Crippen LogP) is 2.13. The van der Waals surface area contributed by atoms with E-state index < -0.39 is 0 Å². The Morgan fingerprint density at radius 1 is 1.19 bits per heavy atom. The van der Waals surface area contributed by atoms with Crippen molar-refractivity contribution in [1.29, 1.82) is 0 Å². The first-order valence-corrected chi connectivity index (χ1v) is 6.76. The van der Waals surface area contributed by atoms with Gasteiger partial charge in [0.2, 0.25) is 0 Å². The normalized spacial score (nSPS) is 12.5. The minimum Gasteiger partial charge on any atom is -0.497 e. The Kier molecular flexibility index (Phi) is 3.60. The summed E-state index contributed by atoms with van der Waals surface area (Å²) in [5, 5.41) is 5.71. The average Bonchev–Trinajstić information content (AvgIpc) is 2.86. The lowest BCUT2D eigenvalue weighted by Gasteiger charge is -2.15. The second-order valence-corrected chi connectivity index (χ2v) is 4.90. The number of methoxy groups -OCH3 is 1. The van der Waals surface area contributed by atoms with Crippen molar-refractivity contribution < 1.29 is 4.74 Å². The Balaban J connectivity index is 2.14. The largest absolute Gasteiger partial charge is 0.497 e. The quantitative estimate of drug-likeness (QED) is 0.568. The van der Waals surface area contributed by atoms with Crippen molar-refractivity contribution in [3.05, 3.63) is 59.8 Å². The third kappa shape index (κ3) is 2.37. The van der Waals surface area contributed by atoms with Crippen LogP contribution in [0, 0.1) is 0 Å². The number of benzene rings is 2. The number of para-hydroxylation sites is 1. The maximum atomic E-state index is 5.79. The van der Waals surface area contributed by atoms with E-state index in [1.165, 1.54) is 0 Å². The summed E-state index contributed by atoms with van der Waals surface area (Å²) in [6, 6.07) is 15.8. The molecule has 3 N–H and O–H groups in total. The number of nitrogens with zero attached hydrogens (tertiary/aromatic N) is 2. The summed E-state index contributed by atoms with van der Waals surface area (Å²) < 4.78 is 7.15. The van der Waals surface area contributed by atoms with Crippen LogP contribution in [0.25, 0.3) is 10.9 Å². The maximum Gasteiger partial charge on any atom is 0.119 e. The predicted molar refractivity (Wildman–Crippen MR) is 82.9 cm³/mol. The molecule has 0 aliphatic carbocycles. The molecule has 0 saturated carbocycles. The zero-order valence-electron chi connectivity index (χ0n) is 12.1. The zero-order valence-corrected chi connectivity index (χ0v) is 12.1. The van der Waals surface area contributed by atoms with Crippen molar-refractivity contribution in [2.75, 3.05) is 7.11 Å². The molecule has 108 valence electrons. The van der Waals surface area contributed by atoms with Crippen molar-refractivity contribution in [3.63, 3.8) is 0 Å². The Morgan fingerprint density at radius 2 is 2.00 bits per heavy atom. The maximum absolute atomic E-state index is 5.79. The van der Waals surface area contributed by atoms with E-state index in [-0.39, 0.29) is 6.04 Å². The molecule has 3 aromatic rings. The Hall–Kier alpha value is -2.37. The number of hydrazine groups is 1. The molecule has 0 saturated heterocycles. The Morgan fingerprint density at radius 3 is 2.76 bits per heavy atom. The lowest BCUT2D eigenvalue weighted by atomic mass is 10.0. The lowest BCUT2D eigenvalue weighted by Crippen LogP contribution is -2.29. The molecule has 21 heavy (non-hydrogen) atoms. The summed E-state index contributed by atoms with van der Waals surface area (Å²) in [4.78, 5) is 0. The van der Waals surface area contributed by atoms with Gasteiger partial charge >= 0.3 is 0 Å². The van der Waals surface area contributed by atoms with Crippen molar-refractivity contribution >= 4 is 10.9 Å². The number of fused-ring (bicyclic) bond motifs is 1. The Labute approximate surface area is 123 Å². The summed E-state index contributed by atoms with van der Waals surface area (Å²) in [6.45, 7) is 0. The van der Waals surface area contributed by atoms with Gasteiger partial charge in [0.05, 0.1) is 24.4 Å². The molecule has 0 bridgehead atoms. The fraction of sp³-hybridized carbons (Fsp3) is 0.188. The van der Waals surface area contributed by atoms with Crippen molar-refractivity contribution in [2.45, 2.75) is 6.04 Å². The molecule has 5 nitrogen and oxygen atoms in total. The monoisotopic (exact) mass is 282 g/mol. The van der Waals surface area contributed by atoms with Gasteiger partial charge in [-0.2, -0.15) is 5.10 Å². The molecule has 0 aliphatic rings. The fourth-order valence-corrected chi connectivity index (χ4v) is 2.61. The smallest absolute Gasteiger partial charge is 0.119 e. The number of aryl methyl sites for hydroxylation is 1. The standard InChI is InChI=1S/C16H18N4O/c1-20-14-9-4-3-8-13(14)16(19-20)15(18-17)11-6-5-7-12(10-11)21-2/h3-10,15,18H,17H2,1-2H3. The molecule has 0 spiro atoms. The molecular weight excluding hydrogens is 264 g/mol. The van der Waals surface area contributed by atoms with Gasteiger partial charge in [-0.25, -0.2) is 5.43 Å². The van der Waals surface area contributed by atoms with Crippen LogP contribution in [0.5, 0.6) is 5.75 Å². The van der Waals surface area contributed by atoms with Gasteiger partial charge < -0.3 is 4.74 Å². The van der Waals surface area contributed by atoms with Crippen LogP contribution in [0.15, 0.2) is 48.5 Å². The fourth-order valence-electron chi connectivity index (χ4n) is 2.61. The van der Waals surface area contributed by atoms with E-state index >= 15 is 0 Å². The summed E-state index contributed by atoms with van der Waals surface area (Å²) in [5.74, 6) is 6.59. The number of hydrogen-bond donors (Lipinski definition) is 2. The van der Waals surface area contributed by atoms with Gasteiger partial charge in [0.15, 0.2) is 0 Å². The van der Waals surface area contributed by atoms with Crippen LogP contribution in [0.2, 0.25) is 0 Å². The molecule has 2 aromatic carbocycles. The van der Waals surface area contributed by atoms with Gasteiger partial charge in [0.1, 0.15) is 5.75 Å². The molecule has 1 unspecified atom stereocenters. The van der Waals surface area contributed by atoms with E-state index in [0.29, 0.717) is 0 Å². The highest BCUT2D eigenvalue weighted by atomic mass is 16.5. The molecule has 0 fully saturated rings. The highest BCUT2D eigenvalue weighted by Crippen LogP contribution is 2.29. The van der Waals surface area contributed by atoms with E-state index in [2.05, 4.69) is 16.6 Å². The number of nitrogens with two attached hydrogens (primary N) is 1. The highest BCUT2D eigenvalue weighted by Gasteiger charge is 2.20. The number of ether oxygens (including phenoxy) is 1. The number of rotatable bonds is 4. The second kappa shape index (κ2) is 5.55. The molecule has 5 heteroatoms. The average molecular weight is 282 g/mol. The number of aromatic nitrogens is 2. The van der Waals surface area contributed by atoms with Crippen LogP contribution >= 0.6 is 0 Å². The van der Waals surface area contributed by atoms with Gasteiger partial charge in [0, 0.05) is 12.4 Å². The van der Waals surface area contributed by atoms with Gasteiger partial charge in [0.25, 0.3) is 0 Å². The van der Waals surface area contributed by atoms with E-state index in [4.69, 9.17) is 10.6 Å². The molecule has 0 radical (unpaired) electrons. The van der Waals surface area contributed by atoms with Crippen molar-refractivity contribution in [1.82, 2.24) is 15.2 Å². The van der Waals surface area contributed by atoms with E-state index in [1.807, 2.05) is 54.2 Å². The van der Waals surface area contributed by atoms with Crippen LogP contribution in [0.1, 0.15) is 17.3 Å². The van der Waals surface area contributed by atoms with Gasteiger partial charge in [-0.05, 0) is 23.8 Å². The molecule has 0 amide bonds. The van der Waals surface area contributed by atoms with Crippen LogP contribution in [0.4, 0.5) is 0 Å². The minimum absolute atomic E-state index is 0.189. The summed E-state index contributed by atoms with van der Waals surface area (Å²) in [7, 11) is 3.59. The minimum atomic E-state index is -0.189. The third-order valence-electron chi connectivity index (χ3n) is 3.65. The van der Waals surface area contributed by atoms with E-state index in [0.717, 1.165) is 27.9 Å². The number of nitrogens with one attached hydrogen (secondary N) is 1. The van der Waals surface area contributed by atoms with Crippen molar-refractivity contribution in [3.8, 4) is 5.75 Å². The molecule has 1 atom stereocenters. The summed E-state index contributed by atoms with van der Waals surface area (Å²) >= 11 is 0. The molecule has 1 aromatic heterocycles. The van der Waals surface area contributed by atoms with E-state index in [1.54, 1.807) is 7.11 Å². The SMILES string of the molecule is COc1cccc(C(NN)c2nn(C)c3ccccc23)c1. The van der Waals surface area contributed by atoms with Gasteiger partial charge in [-0.3, -0.25) is 10.5 Å². The second-order valence-electron chi connectivity index (χ2n) is 4.90. The lowest BCUT2D eigenvalue weighted by molar-refractivity contribution is 0.413. The van der Waals surface area contributed by atoms with Crippen LogP contribution in [0.3, 0.4) is 0 Å². The molecule has 1 heterocycles. The highest BCUT2D eigenvalue weighted by molar-refractivity contribution is 5.82. The van der Waals surface area contributed by atoms with Crippen LogP contribution in [-0.4, -0.2) is 16.9 Å². The van der Waals surface area contributed by atoms with E-state index in [9.17, 15) is 0 Å². The third-order valence-corrected chi connectivity index (χ3v) is 3.65. The summed E-state index contributed by atoms with van der Waals surface area (Å²) in [5.41, 5.74) is 5.86. The van der Waals surface area contributed by atoms with Crippen LogP contribution < -0.4 is 16.0 Å². The zero-order chi connectivity index (χ0) is 14.8. The first-order chi connectivity index (χ1) is 10.2. The Bertz CT molecular complexity index is 766. The van der Waals surface area contributed by atoms with Crippen LogP contribution in [-0.2, 0) is 7.05 Å². The molecule has 0 aliphatic heterocycles. The number of hydrogen-bond acceptors (Lipinski definition) is 4. The van der Waals surface area contributed by atoms with Crippen molar-refractivity contribution in [2.24, 2.45) is 12.9 Å². The first kappa shape index (κ1) is 13.6. The molecule has 3 rings (SSSR count). The molecular formula is C16H18N4O. The summed E-state index contributed by atoms with van der Waals surface area (Å²) in [6.07, 6.45) is 0. The van der Waals surface area contributed by atoms with Gasteiger partial charge in [-0.15, -0.1) is 0 Å². The van der Waals surface area contributed by atoms with Gasteiger partial charge in [-0.1, -0.05) is 30.3 Å².